The molecule has 37 heavy (non-hydrogen) atoms. The first-order chi connectivity index (χ1) is 17.8. The Morgan fingerprint density at radius 1 is 0.838 bits per heavy atom. The van der Waals surface area contributed by atoms with E-state index in [4.69, 9.17) is 18.9 Å². The van der Waals surface area contributed by atoms with E-state index >= 15 is 0 Å². The molecule has 1 N–H and O–H groups in total. The van der Waals surface area contributed by atoms with Crippen molar-refractivity contribution in [2.24, 2.45) is 0 Å². The lowest BCUT2D eigenvalue weighted by Gasteiger charge is -2.26. The summed E-state index contributed by atoms with van der Waals surface area (Å²) in [5, 5.41) is 11.6. The van der Waals surface area contributed by atoms with Crippen LogP contribution in [0, 0.1) is 0 Å². The van der Waals surface area contributed by atoms with E-state index in [0.29, 0.717) is 34.2 Å². The lowest BCUT2D eigenvalue weighted by Crippen LogP contribution is -2.29. The van der Waals surface area contributed by atoms with Gasteiger partial charge in [-0.3, -0.25) is 14.5 Å². The second kappa shape index (κ2) is 10.7. The van der Waals surface area contributed by atoms with Crippen molar-refractivity contribution in [1.82, 2.24) is 0 Å². The summed E-state index contributed by atoms with van der Waals surface area (Å²) in [5.41, 5.74) is 1.14. The van der Waals surface area contributed by atoms with Crippen LogP contribution in [0.1, 0.15) is 31.0 Å². The smallest absolute Gasteiger partial charge is 0.300 e. The summed E-state index contributed by atoms with van der Waals surface area (Å²) < 4.78 is 22.0. The van der Waals surface area contributed by atoms with Crippen LogP contribution in [0.2, 0.25) is 0 Å². The van der Waals surface area contributed by atoms with Gasteiger partial charge in [-0.05, 0) is 67.9 Å². The number of ketones is 1. The Kier molecular flexibility index (Phi) is 7.38. The van der Waals surface area contributed by atoms with Crippen LogP contribution < -0.4 is 23.8 Å². The van der Waals surface area contributed by atoms with Gasteiger partial charge in [-0.2, -0.15) is 0 Å². The molecule has 4 rings (SSSR count). The van der Waals surface area contributed by atoms with Gasteiger partial charge in [0.15, 0.2) is 0 Å². The molecule has 1 aliphatic heterocycles. The predicted molar refractivity (Wildman–Crippen MR) is 140 cm³/mol. The monoisotopic (exact) mass is 503 g/mol. The number of hydrogen-bond acceptors (Lipinski definition) is 7. The fraction of sp³-hybridized carbons (Fsp3) is 0.241. The van der Waals surface area contributed by atoms with Crippen LogP contribution in [0.25, 0.3) is 5.76 Å². The fourth-order valence-corrected chi connectivity index (χ4v) is 4.41. The van der Waals surface area contributed by atoms with E-state index in [9.17, 15) is 14.7 Å². The van der Waals surface area contributed by atoms with E-state index < -0.39 is 23.5 Å². The molecule has 1 aliphatic rings. The van der Waals surface area contributed by atoms with Crippen LogP contribution >= 0.6 is 0 Å². The Hall–Kier alpha value is -4.46. The fourth-order valence-electron chi connectivity index (χ4n) is 4.41. The Morgan fingerprint density at radius 2 is 1.46 bits per heavy atom. The lowest BCUT2D eigenvalue weighted by atomic mass is 9.94. The van der Waals surface area contributed by atoms with Gasteiger partial charge in [-0.1, -0.05) is 18.2 Å². The molecule has 192 valence electrons. The first kappa shape index (κ1) is 25.6. The Balaban J connectivity index is 1.98. The summed E-state index contributed by atoms with van der Waals surface area (Å²) in [6.07, 6.45) is -0.0824. The van der Waals surface area contributed by atoms with Gasteiger partial charge in [0, 0.05) is 5.69 Å². The summed E-state index contributed by atoms with van der Waals surface area (Å²) in [4.78, 5) is 28.4. The van der Waals surface area contributed by atoms with E-state index in [1.807, 2.05) is 13.8 Å². The molecule has 8 heteroatoms. The summed E-state index contributed by atoms with van der Waals surface area (Å²) in [6, 6.07) is 18.0. The highest BCUT2D eigenvalue weighted by molar-refractivity contribution is 6.51. The zero-order valence-electron chi connectivity index (χ0n) is 21.3. The van der Waals surface area contributed by atoms with Crippen molar-refractivity contribution in [2.75, 3.05) is 26.2 Å². The number of carbonyl (C=O) groups is 2. The van der Waals surface area contributed by atoms with Crippen molar-refractivity contribution in [3.8, 4) is 23.0 Å². The highest BCUT2D eigenvalue weighted by Crippen LogP contribution is 2.45. The van der Waals surface area contributed by atoms with Crippen LogP contribution in [0.15, 0.2) is 72.3 Å². The van der Waals surface area contributed by atoms with Crippen molar-refractivity contribution in [3.63, 3.8) is 0 Å². The van der Waals surface area contributed by atoms with Gasteiger partial charge in [0.25, 0.3) is 11.7 Å². The summed E-state index contributed by atoms with van der Waals surface area (Å²) in [5.74, 6) is -0.247. The third-order valence-electron chi connectivity index (χ3n) is 6.01. The molecule has 1 saturated heterocycles. The van der Waals surface area contributed by atoms with E-state index in [1.54, 1.807) is 73.8 Å². The maximum Gasteiger partial charge on any atom is 0.300 e. The predicted octanol–water partition coefficient (Wildman–Crippen LogP) is 5.13. The SMILES string of the molecule is COc1ccc(N2C(=O)C(=O)/C(=C(/O)c3c(OC)cccc3OC)C2c2cccc(OC(C)C)c2)cc1. The topological polar surface area (TPSA) is 94.5 Å². The van der Waals surface area contributed by atoms with Gasteiger partial charge >= 0.3 is 0 Å². The number of aliphatic hydroxyl groups excluding tert-OH is 1. The first-order valence-corrected chi connectivity index (χ1v) is 11.7. The van der Waals surface area contributed by atoms with Crippen LogP contribution in [0.5, 0.6) is 23.0 Å². The number of nitrogens with zero attached hydrogens (tertiary/aromatic N) is 1. The van der Waals surface area contributed by atoms with E-state index in [0.717, 1.165) is 0 Å². The first-order valence-electron chi connectivity index (χ1n) is 11.7. The van der Waals surface area contributed by atoms with Gasteiger partial charge < -0.3 is 24.1 Å². The minimum absolute atomic E-state index is 0.0824. The largest absolute Gasteiger partial charge is 0.506 e. The van der Waals surface area contributed by atoms with Crippen LogP contribution in [-0.2, 0) is 9.59 Å². The molecular formula is C29H29NO7. The molecule has 1 unspecified atom stereocenters. The highest BCUT2D eigenvalue weighted by atomic mass is 16.5. The molecule has 1 fully saturated rings. The minimum atomic E-state index is -0.946. The van der Waals surface area contributed by atoms with Crippen molar-refractivity contribution in [1.29, 1.82) is 0 Å². The number of ether oxygens (including phenoxy) is 4. The quantitative estimate of drug-likeness (QED) is 0.259. The van der Waals surface area contributed by atoms with Gasteiger partial charge in [0.05, 0.1) is 39.0 Å². The molecule has 3 aromatic rings. The second-order valence-electron chi connectivity index (χ2n) is 8.64. The van der Waals surface area contributed by atoms with E-state index in [-0.39, 0.29) is 17.2 Å². The van der Waals surface area contributed by atoms with Crippen LogP contribution in [0.4, 0.5) is 5.69 Å². The molecule has 3 aromatic carbocycles. The van der Waals surface area contributed by atoms with Gasteiger partial charge in [0.2, 0.25) is 0 Å². The highest BCUT2D eigenvalue weighted by Gasteiger charge is 2.47. The van der Waals surface area contributed by atoms with E-state index in [2.05, 4.69) is 0 Å². The van der Waals surface area contributed by atoms with Crippen molar-refractivity contribution in [2.45, 2.75) is 26.0 Å². The summed E-state index contributed by atoms with van der Waals surface area (Å²) >= 11 is 0. The molecule has 0 bridgehead atoms. The zero-order chi connectivity index (χ0) is 26.7. The number of aliphatic hydroxyl groups is 1. The molecule has 8 nitrogen and oxygen atoms in total. The van der Waals surface area contributed by atoms with Crippen molar-refractivity contribution in [3.05, 3.63) is 83.4 Å². The third-order valence-corrected chi connectivity index (χ3v) is 6.01. The summed E-state index contributed by atoms with van der Waals surface area (Å²) in [6.45, 7) is 3.81. The Morgan fingerprint density at radius 3 is 2.03 bits per heavy atom. The number of rotatable bonds is 8. The molecule has 0 aromatic heterocycles. The molecule has 0 saturated carbocycles. The van der Waals surface area contributed by atoms with Crippen molar-refractivity contribution < 1.29 is 33.6 Å². The molecule has 0 aliphatic carbocycles. The molecule has 0 radical (unpaired) electrons. The van der Waals surface area contributed by atoms with Crippen LogP contribution in [0.3, 0.4) is 0 Å². The molecule has 1 heterocycles. The van der Waals surface area contributed by atoms with Crippen LogP contribution in [-0.4, -0.2) is 44.2 Å². The Bertz CT molecular complexity index is 1320. The lowest BCUT2D eigenvalue weighted by molar-refractivity contribution is -0.132. The zero-order valence-corrected chi connectivity index (χ0v) is 21.3. The maximum atomic E-state index is 13.5. The van der Waals surface area contributed by atoms with Gasteiger partial charge in [-0.25, -0.2) is 0 Å². The van der Waals surface area contributed by atoms with Gasteiger partial charge in [-0.15, -0.1) is 0 Å². The molecule has 1 amide bonds. The Labute approximate surface area is 215 Å². The number of Topliss-reactive ketones (excluding diaryl/α,β-unsaturated/α-hetero) is 1. The second-order valence-corrected chi connectivity index (χ2v) is 8.64. The average Bonchev–Trinajstić information content (AvgIpc) is 3.17. The number of anilines is 1. The number of amides is 1. The third kappa shape index (κ3) is 4.82. The summed E-state index contributed by atoms with van der Waals surface area (Å²) in [7, 11) is 4.44. The number of methoxy groups -OCH3 is 3. The number of hydrogen-bond donors (Lipinski definition) is 1. The molecular weight excluding hydrogens is 474 g/mol. The number of benzene rings is 3. The minimum Gasteiger partial charge on any atom is -0.506 e. The number of carbonyl (C=O) groups excluding carboxylic acids is 2. The molecule has 0 spiro atoms. The normalized spacial score (nSPS) is 16.7. The van der Waals surface area contributed by atoms with Gasteiger partial charge in [0.1, 0.15) is 34.3 Å². The van der Waals surface area contributed by atoms with Crippen molar-refractivity contribution >= 4 is 23.1 Å². The average molecular weight is 504 g/mol. The standard InChI is InChI=1S/C29H29NO7/c1-17(2)37-21-9-6-8-18(16-21)26-25(27(31)24-22(35-4)10-7-11-23(24)36-5)28(32)29(33)30(26)19-12-14-20(34-3)15-13-19/h6-17,26,31H,1-5H3/b27-25+. The molecule has 1 atom stereocenters. The van der Waals surface area contributed by atoms with E-state index in [1.165, 1.54) is 19.1 Å². The maximum absolute atomic E-state index is 13.5.